The van der Waals surface area contributed by atoms with E-state index < -0.39 is 0 Å². The summed E-state index contributed by atoms with van der Waals surface area (Å²) in [6.07, 6.45) is 5.24. The number of hydrogen-bond donors (Lipinski definition) is 1. The van der Waals surface area contributed by atoms with Crippen molar-refractivity contribution in [3.8, 4) is 5.82 Å². The summed E-state index contributed by atoms with van der Waals surface area (Å²) >= 11 is 0. The van der Waals surface area contributed by atoms with E-state index in [9.17, 15) is 4.79 Å². The van der Waals surface area contributed by atoms with Crippen molar-refractivity contribution in [2.45, 2.75) is 13.8 Å². The van der Waals surface area contributed by atoms with Crippen molar-refractivity contribution in [1.82, 2.24) is 14.5 Å². The van der Waals surface area contributed by atoms with Crippen molar-refractivity contribution in [3.63, 3.8) is 0 Å². The number of carbonyl (C=O) groups excluding carboxylic acids is 1. The predicted molar refractivity (Wildman–Crippen MR) is 103 cm³/mol. The molecule has 26 heavy (non-hydrogen) atoms. The van der Waals surface area contributed by atoms with Crippen LogP contribution in [0.4, 0.5) is 5.69 Å². The van der Waals surface area contributed by atoms with Crippen LogP contribution in [-0.2, 0) is 0 Å². The molecule has 5 heteroatoms. The molecule has 1 amide bonds. The van der Waals surface area contributed by atoms with Gasteiger partial charge in [-0.3, -0.25) is 9.36 Å². The maximum absolute atomic E-state index is 12.8. The number of nitrogens with one attached hydrogen (secondary N) is 1. The third-order valence-electron chi connectivity index (χ3n) is 4.47. The molecule has 0 spiro atoms. The largest absolute Gasteiger partial charge is 0.321 e. The molecule has 5 nitrogen and oxygen atoms in total. The molecule has 128 valence electrons. The maximum Gasteiger partial charge on any atom is 0.256 e. The minimum absolute atomic E-state index is 0.144. The molecule has 0 aliphatic heterocycles. The first-order valence-corrected chi connectivity index (χ1v) is 8.39. The minimum Gasteiger partial charge on any atom is -0.321 e. The van der Waals surface area contributed by atoms with Gasteiger partial charge in [-0.05, 0) is 48.4 Å². The van der Waals surface area contributed by atoms with Gasteiger partial charge in [-0.25, -0.2) is 9.97 Å². The Balaban J connectivity index is 1.61. The molecular formula is C21H18N4O. The highest BCUT2D eigenvalue weighted by atomic mass is 16.1. The molecule has 1 N–H and O–H groups in total. The first kappa shape index (κ1) is 16.0. The van der Waals surface area contributed by atoms with Crippen molar-refractivity contribution in [1.29, 1.82) is 0 Å². The predicted octanol–water partition coefficient (Wildman–Crippen LogP) is 4.29. The quantitative estimate of drug-likeness (QED) is 0.604. The maximum atomic E-state index is 12.8. The normalized spacial score (nSPS) is 10.8. The molecule has 0 bridgehead atoms. The van der Waals surface area contributed by atoms with E-state index in [4.69, 9.17) is 0 Å². The van der Waals surface area contributed by atoms with Gasteiger partial charge in [0.25, 0.3) is 5.91 Å². The topological polar surface area (TPSA) is 59.8 Å². The van der Waals surface area contributed by atoms with Gasteiger partial charge in [-0.15, -0.1) is 0 Å². The van der Waals surface area contributed by atoms with E-state index in [1.165, 1.54) is 0 Å². The van der Waals surface area contributed by atoms with E-state index in [1.54, 1.807) is 12.4 Å². The summed E-state index contributed by atoms with van der Waals surface area (Å²) in [6.45, 7) is 3.96. The fraction of sp³-hybridized carbons (Fsp3) is 0.0952. The first-order chi connectivity index (χ1) is 12.6. The highest BCUT2D eigenvalue weighted by Gasteiger charge is 2.12. The molecule has 2 heterocycles. The zero-order valence-electron chi connectivity index (χ0n) is 14.6. The van der Waals surface area contributed by atoms with Crippen LogP contribution in [0.2, 0.25) is 0 Å². The van der Waals surface area contributed by atoms with Crippen LogP contribution in [0.25, 0.3) is 16.6 Å². The number of fused-ring (bicyclic) bond motifs is 1. The molecule has 0 saturated heterocycles. The van der Waals surface area contributed by atoms with Crippen molar-refractivity contribution in [3.05, 3.63) is 84.1 Å². The van der Waals surface area contributed by atoms with Gasteiger partial charge in [0.15, 0.2) is 0 Å². The Kier molecular flexibility index (Phi) is 3.97. The van der Waals surface area contributed by atoms with Crippen LogP contribution >= 0.6 is 0 Å². The molecule has 0 saturated carbocycles. The van der Waals surface area contributed by atoms with E-state index in [-0.39, 0.29) is 5.91 Å². The van der Waals surface area contributed by atoms with Gasteiger partial charge >= 0.3 is 0 Å². The molecule has 4 aromatic rings. The van der Waals surface area contributed by atoms with E-state index in [2.05, 4.69) is 15.3 Å². The molecule has 0 aliphatic carbocycles. The van der Waals surface area contributed by atoms with Gasteiger partial charge in [0.05, 0.1) is 11.9 Å². The second kappa shape index (κ2) is 6.44. The zero-order valence-corrected chi connectivity index (χ0v) is 14.6. The van der Waals surface area contributed by atoms with Gasteiger partial charge in [-0.2, -0.15) is 0 Å². The summed E-state index contributed by atoms with van der Waals surface area (Å²) in [6, 6.07) is 15.5. The Morgan fingerprint density at radius 3 is 2.46 bits per heavy atom. The Labute approximate surface area is 151 Å². The van der Waals surface area contributed by atoms with Crippen molar-refractivity contribution >= 4 is 22.4 Å². The molecule has 2 aromatic heterocycles. The van der Waals surface area contributed by atoms with Crippen LogP contribution in [0.5, 0.6) is 0 Å². The third-order valence-corrected chi connectivity index (χ3v) is 4.47. The van der Waals surface area contributed by atoms with Gasteiger partial charge in [0, 0.05) is 18.0 Å². The fourth-order valence-electron chi connectivity index (χ4n) is 3.07. The molecule has 2 aromatic carbocycles. The lowest BCUT2D eigenvalue weighted by Crippen LogP contribution is -2.13. The Bertz CT molecular complexity index is 1100. The minimum atomic E-state index is -0.144. The van der Waals surface area contributed by atoms with Crippen LogP contribution in [0.3, 0.4) is 0 Å². The molecule has 0 atom stereocenters. The molecule has 0 aliphatic rings. The van der Waals surface area contributed by atoms with Gasteiger partial charge in [-0.1, -0.05) is 30.3 Å². The molecule has 0 unspecified atom stereocenters. The highest BCUT2D eigenvalue weighted by molar-refractivity contribution is 6.13. The highest BCUT2D eigenvalue weighted by Crippen LogP contribution is 2.23. The van der Waals surface area contributed by atoms with Crippen LogP contribution in [0.1, 0.15) is 21.7 Å². The average molecular weight is 342 g/mol. The summed E-state index contributed by atoms with van der Waals surface area (Å²) in [5.74, 6) is 1.48. The zero-order chi connectivity index (χ0) is 18.1. The van der Waals surface area contributed by atoms with E-state index in [1.807, 2.05) is 73.1 Å². The van der Waals surface area contributed by atoms with Crippen LogP contribution in [0, 0.1) is 13.8 Å². The van der Waals surface area contributed by atoms with Crippen molar-refractivity contribution < 1.29 is 4.79 Å². The number of aromatic nitrogens is 3. The standard InChI is InChI=1S/C21H18N4O/c1-14-7-9-19(18-6-4-3-5-17(14)18)21(26)24-16-8-10-20(23-13-16)25-12-11-22-15(25)2/h3-13H,1-2H3,(H,24,26). The summed E-state index contributed by atoms with van der Waals surface area (Å²) in [5.41, 5.74) is 2.46. The van der Waals surface area contributed by atoms with Crippen molar-refractivity contribution in [2.75, 3.05) is 5.32 Å². The van der Waals surface area contributed by atoms with E-state index in [0.29, 0.717) is 11.3 Å². The fourth-order valence-corrected chi connectivity index (χ4v) is 3.07. The lowest BCUT2D eigenvalue weighted by atomic mass is 10.00. The van der Waals surface area contributed by atoms with E-state index >= 15 is 0 Å². The lowest BCUT2D eigenvalue weighted by molar-refractivity contribution is 0.102. The van der Waals surface area contributed by atoms with Gasteiger partial charge in [0.1, 0.15) is 11.6 Å². The Morgan fingerprint density at radius 1 is 0.962 bits per heavy atom. The summed E-state index contributed by atoms with van der Waals surface area (Å²) in [5, 5.41) is 4.97. The molecule has 4 rings (SSSR count). The number of hydrogen-bond acceptors (Lipinski definition) is 3. The first-order valence-electron chi connectivity index (χ1n) is 8.39. The summed E-state index contributed by atoms with van der Waals surface area (Å²) in [4.78, 5) is 21.4. The lowest BCUT2D eigenvalue weighted by Gasteiger charge is -2.10. The van der Waals surface area contributed by atoms with Crippen LogP contribution in [-0.4, -0.2) is 20.4 Å². The third kappa shape index (κ3) is 2.84. The second-order valence-corrected chi connectivity index (χ2v) is 6.18. The smallest absolute Gasteiger partial charge is 0.256 e. The number of imidazole rings is 1. The molecule has 0 radical (unpaired) electrons. The van der Waals surface area contributed by atoms with E-state index in [0.717, 1.165) is 28.0 Å². The van der Waals surface area contributed by atoms with Crippen molar-refractivity contribution in [2.24, 2.45) is 0 Å². The number of nitrogens with zero attached hydrogens (tertiary/aromatic N) is 3. The summed E-state index contributed by atoms with van der Waals surface area (Å²) in [7, 11) is 0. The number of rotatable bonds is 3. The number of carbonyl (C=O) groups is 1. The summed E-state index contributed by atoms with van der Waals surface area (Å²) < 4.78 is 1.89. The van der Waals surface area contributed by atoms with Crippen LogP contribution in [0.15, 0.2) is 67.1 Å². The number of benzene rings is 2. The molecule has 0 fully saturated rings. The van der Waals surface area contributed by atoms with Gasteiger partial charge < -0.3 is 5.32 Å². The number of pyridine rings is 1. The number of amides is 1. The molecular weight excluding hydrogens is 324 g/mol. The SMILES string of the molecule is Cc1ccc(C(=O)Nc2ccc(-n3ccnc3C)nc2)c2ccccc12. The van der Waals surface area contributed by atoms with Crippen LogP contribution < -0.4 is 5.32 Å². The number of aryl methyl sites for hydroxylation is 2. The Hall–Kier alpha value is -3.47. The Morgan fingerprint density at radius 2 is 1.77 bits per heavy atom. The second-order valence-electron chi connectivity index (χ2n) is 6.18. The van der Waals surface area contributed by atoms with Gasteiger partial charge in [0.2, 0.25) is 0 Å². The number of anilines is 1. The monoisotopic (exact) mass is 342 g/mol. The average Bonchev–Trinajstić information content (AvgIpc) is 3.09.